The van der Waals surface area contributed by atoms with Gasteiger partial charge in [0.1, 0.15) is 29.6 Å². The van der Waals surface area contributed by atoms with Gasteiger partial charge in [-0.05, 0) is 76.1 Å². The quantitative estimate of drug-likeness (QED) is 0.354. The van der Waals surface area contributed by atoms with Crippen LogP contribution in [-0.2, 0) is 16.1 Å². The summed E-state index contributed by atoms with van der Waals surface area (Å²) in [5.41, 5.74) is 3.93. The average Bonchev–Trinajstić information content (AvgIpc) is 3.28. The van der Waals surface area contributed by atoms with Crippen molar-refractivity contribution in [2.45, 2.75) is 52.7 Å². The number of fused-ring (bicyclic) bond motifs is 1. The number of ether oxygens (including phenoxy) is 2. The van der Waals surface area contributed by atoms with Crippen LogP contribution in [0.3, 0.4) is 0 Å². The maximum Gasteiger partial charge on any atom is 0.249 e. The fourth-order valence-electron chi connectivity index (χ4n) is 4.57. The van der Waals surface area contributed by atoms with E-state index in [-0.39, 0.29) is 18.4 Å². The van der Waals surface area contributed by atoms with Gasteiger partial charge < -0.3 is 14.8 Å². The lowest BCUT2D eigenvalue weighted by Crippen LogP contribution is -2.50. The fourth-order valence-corrected chi connectivity index (χ4v) is 4.57. The van der Waals surface area contributed by atoms with Crippen molar-refractivity contribution in [1.82, 2.24) is 20.3 Å². The molecule has 0 aliphatic heterocycles. The molecule has 0 spiro atoms. The molecule has 0 saturated carbocycles. The first-order chi connectivity index (χ1) is 18.5. The number of carbonyl (C=O) groups excluding carboxylic acids is 2. The summed E-state index contributed by atoms with van der Waals surface area (Å²) in [5, 5.41) is 11.5. The highest BCUT2D eigenvalue weighted by molar-refractivity contribution is 6.02. The number of aromatic nitrogens is 3. The van der Waals surface area contributed by atoms with E-state index >= 15 is 0 Å². The minimum Gasteiger partial charge on any atom is -0.497 e. The largest absolute Gasteiger partial charge is 0.497 e. The van der Waals surface area contributed by atoms with Crippen molar-refractivity contribution in [2.24, 2.45) is 0 Å². The number of aryl methyl sites for hydroxylation is 2. The Morgan fingerprint density at radius 1 is 0.974 bits per heavy atom. The number of nitrogens with one attached hydrogen (secondary N) is 1. The maximum atomic E-state index is 14.3. The SMILES string of the molecule is COc1cc(OC)cc([C@@H](C(=O)NC(C)(C)C)N(C(=O)Cn2nnc3ccccc32)c2ccc(C)cc2C)c1. The topological polar surface area (TPSA) is 98.6 Å². The van der Waals surface area contributed by atoms with E-state index in [2.05, 4.69) is 15.6 Å². The molecule has 39 heavy (non-hydrogen) atoms. The van der Waals surface area contributed by atoms with Gasteiger partial charge in [-0.1, -0.05) is 35.0 Å². The molecule has 1 atom stereocenters. The van der Waals surface area contributed by atoms with Gasteiger partial charge >= 0.3 is 0 Å². The van der Waals surface area contributed by atoms with E-state index in [0.717, 1.165) is 16.6 Å². The molecule has 1 aromatic heterocycles. The van der Waals surface area contributed by atoms with E-state index in [1.807, 2.05) is 77.1 Å². The highest BCUT2D eigenvalue weighted by Crippen LogP contribution is 2.35. The van der Waals surface area contributed by atoms with Gasteiger partial charge in [0.2, 0.25) is 11.8 Å². The van der Waals surface area contributed by atoms with Crippen LogP contribution in [0.1, 0.15) is 43.5 Å². The number of rotatable bonds is 8. The fraction of sp³-hybridized carbons (Fsp3) is 0.333. The van der Waals surface area contributed by atoms with Gasteiger partial charge in [0.05, 0.1) is 19.7 Å². The average molecular weight is 530 g/mol. The second-order valence-electron chi connectivity index (χ2n) is 10.6. The summed E-state index contributed by atoms with van der Waals surface area (Å²) in [6, 6.07) is 17.4. The number of para-hydroxylation sites is 1. The number of benzene rings is 3. The molecular formula is C30H35N5O4. The molecule has 9 nitrogen and oxygen atoms in total. The van der Waals surface area contributed by atoms with Crippen LogP contribution in [-0.4, -0.2) is 46.6 Å². The van der Waals surface area contributed by atoms with Gasteiger partial charge in [-0.2, -0.15) is 0 Å². The normalized spacial score (nSPS) is 12.2. The number of methoxy groups -OCH3 is 2. The summed E-state index contributed by atoms with van der Waals surface area (Å²) < 4.78 is 12.6. The molecule has 0 fully saturated rings. The third-order valence-corrected chi connectivity index (χ3v) is 6.28. The smallest absolute Gasteiger partial charge is 0.249 e. The van der Waals surface area contributed by atoms with Gasteiger partial charge in [0, 0.05) is 17.3 Å². The third-order valence-electron chi connectivity index (χ3n) is 6.28. The van der Waals surface area contributed by atoms with E-state index in [4.69, 9.17) is 9.47 Å². The van der Waals surface area contributed by atoms with Crippen molar-refractivity contribution >= 4 is 28.5 Å². The molecule has 0 bridgehead atoms. The molecule has 0 radical (unpaired) electrons. The van der Waals surface area contributed by atoms with Crippen LogP contribution in [0, 0.1) is 13.8 Å². The molecule has 4 aromatic rings. The summed E-state index contributed by atoms with van der Waals surface area (Å²) in [4.78, 5) is 29.9. The Labute approximate surface area is 228 Å². The zero-order chi connectivity index (χ0) is 28.3. The first-order valence-electron chi connectivity index (χ1n) is 12.7. The van der Waals surface area contributed by atoms with Crippen LogP contribution in [0.4, 0.5) is 5.69 Å². The Morgan fingerprint density at radius 3 is 2.26 bits per heavy atom. The number of nitrogens with zero attached hydrogens (tertiary/aromatic N) is 4. The summed E-state index contributed by atoms with van der Waals surface area (Å²) in [6.07, 6.45) is 0. The standard InChI is InChI=1S/C30H35N5O4/c1-19-12-13-25(20(2)14-19)35(27(36)18-34-26-11-9-8-10-24(26)32-33-34)28(29(37)31-30(3,4)5)21-15-22(38-6)17-23(16-21)39-7/h8-17,28H,18H2,1-7H3,(H,31,37)/t28-/m0/s1. The minimum absolute atomic E-state index is 0.117. The lowest BCUT2D eigenvalue weighted by atomic mass is 9.98. The van der Waals surface area contributed by atoms with Gasteiger partial charge in [-0.3, -0.25) is 14.5 Å². The van der Waals surface area contributed by atoms with Crippen LogP contribution in [0.15, 0.2) is 60.7 Å². The van der Waals surface area contributed by atoms with Crippen molar-refractivity contribution in [3.8, 4) is 11.5 Å². The first kappa shape index (κ1) is 27.6. The molecule has 1 heterocycles. The van der Waals surface area contributed by atoms with Crippen molar-refractivity contribution in [3.63, 3.8) is 0 Å². The van der Waals surface area contributed by atoms with Crippen molar-refractivity contribution in [3.05, 3.63) is 77.4 Å². The predicted molar refractivity (Wildman–Crippen MR) is 151 cm³/mol. The Balaban J connectivity index is 1.91. The number of amides is 2. The summed E-state index contributed by atoms with van der Waals surface area (Å²) in [6.45, 7) is 9.50. The molecule has 0 aliphatic carbocycles. The maximum absolute atomic E-state index is 14.3. The highest BCUT2D eigenvalue weighted by Gasteiger charge is 2.36. The Hall–Kier alpha value is -4.40. The molecule has 0 saturated heterocycles. The van der Waals surface area contributed by atoms with Crippen molar-refractivity contribution < 1.29 is 19.1 Å². The molecule has 0 unspecified atom stereocenters. The molecule has 1 N–H and O–H groups in total. The number of anilines is 1. The molecular weight excluding hydrogens is 494 g/mol. The zero-order valence-corrected chi connectivity index (χ0v) is 23.5. The molecule has 3 aromatic carbocycles. The number of hydrogen-bond acceptors (Lipinski definition) is 6. The zero-order valence-electron chi connectivity index (χ0n) is 23.5. The van der Waals surface area contributed by atoms with Crippen LogP contribution in [0.25, 0.3) is 11.0 Å². The van der Waals surface area contributed by atoms with E-state index in [1.54, 1.807) is 42.0 Å². The lowest BCUT2D eigenvalue weighted by Gasteiger charge is -2.35. The second-order valence-corrected chi connectivity index (χ2v) is 10.6. The van der Waals surface area contributed by atoms with Gasteiger partial charge in [-0.25, -0.2) is 4.68 Å². The molecule has 2 amide bonds. The Morgan fingerprint density at radius 2 is 1.64 bits per heavy atom. The molecule has 4 rings (SSSR count). The van der Waals surface area contributed by atoms with Crippen LogP contribution < -0.4 is 19.7 Å². The van der Waals surface area contributed by atoms with Gasteiger partial charge in [-0.15, -0.1) is 5.10 Å². The summed E-state index contributed by atoms with van der Waals surface area (Å²) in [5.74, 6) is 0.351. The van der Waals surface area contributed by atoms with Crippen LogP contribution >= 0.6 is 0 Å². The highest BCUT2D eigenvalue weighted by atomic mass is 16.5. The Bertz CT molecular complexity index is 1480. The molecule has 204 valence electrons. The van der Waals surface area contributed by atoms with Crippen LogP contribution in [0.2, 0.25) is 0 Å². The van der Waals surface area contributed by atoms with Gasteiger partial charge in [0.25, 0.3) is 0 Å². The lowest BCUT2D eigenvalue weighted by molar-refractivity contribution is -0.128. The summed E-state index contributed by atoms with van der Waals surface area (Å²) >= 11 is 0. The van der Waals surface area contributed by atoms with Crippen molar-refractivity contribution in [1.29, 1.82) is 0 Å². The number of hydrogen-bond donors (Lipinski definition) is 1. The first-order valence-corrected chi connectivity index (χ1v) is 12.7. The minimum atomic E-state index is -1.03. The van der Waals surface area contributed by atoms with E-state index in [9.17, 15) is 9.59 Å². The van der Waals surface area contributed by atoms with E-state index < -0.39 is 11.6 Å². The third kappa shape index (κ3) is 6.19. The predicted octanol–water partition coefficient (Wildman–Crippen LogP) is 4.75. The number of carbonyl (C=O) groups is 2. The molecule has 0 aliphatic rings. The van der Waals surface area contributed by atoms with E-state index in [0.29, 0.717) is 28.3 Å². The second kappa shape index (κ2) is 11.1. The van der Waals surface area contributed by atoms with Crippen LogP contribution in [0.5, 0.6) is 11.5 Å². The van der Waals surface area contributed by atoms with Crippen molar-refractivity contribution in [2.75, 3.05) is 19.1 Å². The summed E-state index contributed by atoms with van der Waals surface area (Å²) in [7, 11) is 3.09. The molecule has 9 heteroatoms. The van der Waals surface area contributed by atoms with Gasteiger partial charge in [0.15, 0.2) is 0 Å². The van der Waals surface area contributed by atoms with E-state index in [1.165, 1.54) is 0 Å². The monoisotopic (exact) mass is 529 g/mol. The Kier molecular flexibility index (Phi) is 7.90.